The van der Waals surface area contributed by atoms with Gasteiger partial charge in [0.25, 0.3) is 0 Å². The zero-order valence-electron chi connectivity index (χ0n) is 10.5. The molecule has 17 heavy (non-hydrogen) atoms. The standard InChI is InChI=1S/C15H21NO/c1-10-8-13(10)14(16)4-2-11-3-5-15-12(9-11)6-7-17-15/h3,5,9-10,13-14H,2,4,6-8,16H2,1H3. The van der Waals surface area contributed by atoms with E-state index in [1.807, 2.05) is 0 Å². The van der Waals surface area contributed by atoms with Gasteiger partial charge in [-0.05, 0) is 48.3 Å². The SMILES string of the molecule is CC1CC1C(N)CCc1ccc2c(c1)CCO2. The van der Waals surface area contributed by atoms with Crippen molar-refractivity contribution in [2.45, 2.75) is 38.6 Å². The van der Waals surface area contributed by atoms with Crippen molar-refractivity contribution >= 4 is 0 Å². The van der Waals surface area contributed by atoms with Crippen molar-refractivity contribution in [3.05, 3.63) is 29.3 Å². The van der Waals surface area contributed by atoms with Crippen LogP contribution in [-0.4, -0.2) is 12.6 Å². The minimum atomic E-state index is 0.398. The topological polar surface area (TPSA) is 35.2 Å². The lowest BCUT2D eigenvalue weighted by atomic mass is 10.00. The Morgan fingerprint density at radius 2 is 2.29 bits per heavy atom. The van der Waals surface area contributed by atoms with Gasteiger partial charge in [0.05, 0.1) is 6.61 Å². The maximum absolute atomic E-state index is 6.21. The maximum atomic E-state index is 6.21. The Kier molecular flexibility index (Phi) is 2.83. The Labute approximate surface area is 103 Å². The lowest BCUT2D eigenvalue weighted by Crippen LogP contribution is -2.23. The van der Waals surface area contributed by atoms with Crippen LogP contribution in [0.3, 0.4) is 0 Å². The number of nitrogens with two attached hydrogens (primary N) is 1. The Balaban J connectivity index is 1.58. The van der Waals surface area contributed by atoms with Gasteiger partial charge < -0.3 is 10.5 Å². The highest BCUT2D eigenvalue weighted by Gasteiger charge is 2.37. The number of ether oxygens (including phenoxy) is 1. The summed E-state index contributed by atoms with van der Waals surface area (Å²) in [6.07, 6.45) is 4.63. The molecule has 2 heteroatoms. The van der Waals surface area contributed by atoms with Crippen molar-refractivity contribution in [1.82, 2.24) is 0 Å². The second-order valence-electron chi connectivity index (χ2n) is 5.62. The predicted molar refractivity (Wildman–Crippen MR) is 69.2 cm³/mol. The molecule has 3 rings (SSSR count). The van der Waals surface area contributed by atoms with Crippen LogP contribution in [0.2, 0.25) is 0 Å². The molecule has 0 amide bonds. The molecule has 1 aliphatic heterocycles. The van der Waals surface area contributed by atoms with Crippen LogP contribution in [0.25, 0.3) is 0 Å². The molecule has 3 unspecified atom stereocenters. The molecule has 0 saturated heterocycles. The average Bonchev–Trinajstić information content (AvgIpc) is 2.90. The number of hydrogen-bond donors (Lipinski definition) is 1. The summed E-state index contributed by atoms with van der Waals surface area (Å²) < 4.78 is 5.52. The first-order valence-electron chi connectivity index (χ1n) is 6.74. The second kappa shape index (κ2) is 4.34. The minimum Gasteiger partial charge on any atom is -0.493 e. The molecule has 1 fully saturated rings. The summed E-state index contributed by atoms with van der Waals surface area (Å²) in [4.78, 5) is 0. The van der Waals surface area contributed by atoms with E-state index in [9.17, 15) is 0 Å². The van der Waals surface area contributed by atoms with Crippen molar-refractivity contribution < 1.29 is 4.74 Å². The summed E-state index contributed by atoms with van der Waals surface area (Å²) in [5, 5.41) is 0. The van der Waals surface area contributed by atoms with Gasteiger partial charge in [-0.15, -0.1) is 0 Å². The fourth-order valence-electron chi connectivity index (χ4n) is 2.89. The highest BCUT2D eigenvalue weighted by Crippen LogP contribution is 2.41. The summed E-state index contributed by atoms with van der Waals surface area (Å²) in [6.45, 7) is 3.15. The molecular weight excluding hydrogens is 210 g/mol. The summed E-state index contributed by atoms with van der Waals surface area (Å²) >= 11 is 0. The first kappa shape index (κ1) is 11.1. The Hall–Kier alpha value is -1.02. The highest BCUT2D eigenvalue weighted by atomic mass is 16.5. The summed E-state index contributed by atoms with van der Waals surface area (Å²) in [6, 6.07) is 7.00. The van der Waals surface area contributed by atoms with Gasteiger partial charge >= 0.3 is 0 Å². The van der Waals surface area contributed by atoms with Gasteiger partial charge in [0, 0.05) is 12.5 Å². The van der Waals surface area contributed by atoms with Crippen LogP contribution in [0.15, 0.2) is 18.2 Å². The molecule has 0 spiro atoms. The molecule has 0 radical (unpaired) electrons. The van der Waals surface area contributed by atoms with E-state index in [1.165, 1.54) is 17.5 Å². The van der Waals surface area contributed by atoms with Crippen molar-refractivity contribution in [3.63, 3.8) is 0 Å². The molecule has 0 bridgehead atoms. The quantitative estimate of drug-likeness (QED) is 0.864. The van der Waals surface area contributed by atoms with Crippen LogP contribution in [0.1, 0.15) is 30.9 Å². The van der Waals surface area contributed by atoms with Crippen LogP contribution >= 0.6 is 0 Å². The van der Waals surface area contributed by atoms with Crippen LogP contribution in [0.5, 0.6) is 5.75 Å². The Morgan fingerprint density at radius 3 is 3.06 bits per heavy atom. The van der Waals surface area contributed by atoms with Gasteiger partial charge in [0.2, 0.25) is 0 Å². The summed E-state index contributed by atoms with van der Waals surface area (Å²) in [5.41, 5.74) is 8.99. The number of hydrogen-bond acceptors (Lipinski definition) is 2. The van der Waals surface area contributed by atoms with Gasteiger partial charge in [-0.25, -0.2) is 0 Å². The van der Waals surface area contributed by atoms with Crippen LogP contribution in [-0.2, 0) is 12.8 Å². The van der Waals surface area contributed by atoms with Crippen molar-refractivity contribution in [2.75, 3.05) is 6.61 Å². The van der Waals surface area contributed by atoms with E-state index < -0.39 is 0 Å². The molecule has 1 saturated carbocycles. The molecule has 3 atom stereocenters. The molecule has 1 aliphatic carbocycles. The lowest BCUT2D eigenvalue weighted by molar-refractivity contribution is 0.357. The summed E-state index contributed by atoms with van der Waals surface area (Å²) in [7, 11) is 0. The fraction of sp³-hybridized carbons (Fsp3) is 0.600. The maximum Gasteiger partial charge on any atom is 0.122 e. The molecule has 2 nitrogen and oxygen atoms in total. The monoisotopic (exact) mass is 231 g/mol. The molecule has 0 aromatic heterocycles. The van der Waals surface area contributed by atoms with E-state index in [1.54, 1.807) is 0 Å². The van der Waals surface area contributed by atoms with E-state index in [0.29, 0.717) is 6.04 Å². The van der Waals surface area contributed by atoms with Gasteiger partial charge in [-0.1, -0.05) is 19.1 Å². The third-order valence-electron chi connectivity index (χ3n) is 4.24. The van der Waals surface area contributed by atoms with Gasteiger partial charge in [-0.3, -0.25) is 0 Å². The number of fused-ring (bicyclic) bond motifs is 1. The van der Waals surface area contributed by atoms with E-state index >= 15 is 0 Å². The van der Waals surface area contributed by atoms with E-state index in [4.69, 9.17) is 10.5 Å². The number of aryl methyl sites for hydroxylation is 1. The molecule has 2 N–H and O–H groups in total. The second-order valence-corrected chi connectivity index (χ2v) is 5.62. The fourth-order valence-corrected chi connectivity index (χ4v) is 2.89. The highest BCUT2D eigenvalue weighted by molar-refractivity contribution is 5.39. The molecular formula is C15H21NO. The number of rotatable bonds is 4. The number of benzene rings is 1. The molecule has 92 valence electrons. The van der Waals surface area contributed by atoms with E-state index in [0.717, 1.165) is 43.5 Å². The van der Waals surface area contributed by atoms with Crippen molar-refractivity contribution in [1.29, 1.82) is 0 Å². The zero-order valence-corrected chi connectivity index (χ0v) is 10.5. The first-order valence-corrected chi connectivity index (χ1v) is 6.74. The van der Waals surface area contributed by atoms with Gasteiger partial charge in [-0.2, -0.15) is 0 Å². The molecule has 1 heterocycles. The van der Waals surface area contributed by atoms with E-state index in [2.05, 4.69) is 25.1 Å². The van der Waals surface area contributed by atoms with E-state index in [-0.39, 0.29) is 0 Å². The molecule has 2 aliphatic rings. The minimum absolute atomic E-state index is 0.398. The third-order valence-corrected chi connectivity index (χ3v) is 4.24. The Bertz CT molecular complexity index is 415. The summed E-state index contributed by atoms with van der Waals surface area (Å²) in [5.74, 6) is 2.72. The molecule has 1 aromatic carbocycles. The third kappa shape index (κ3) is 2.32. The van der Waals surface area contributed by atoms with Crippen molar-refractivity contribution in [2.24, 2.45) is 17.6 Å². The van der Waals surface area contributed by atoms with Crippen molar-refractivity contribution in [3.8, 4) is 5.75 Å². The van der Waals surface area contributed by atoms with Crippen LogP contribution < -0.4 is 10.5 Å². The normalized spacial score (nSPS) is 27.4. The van der Waals surface area contributed by atoms with Gasteiger partial charge in [0.1, 0.15) is 5.75 Å². The first-order chi connectivity index (χ1) is 8.24. The average molecular weight is 231 g/mol. The smallest absolute Gasteiger partial charge is 0.122 e. The lowest BCUT2D eigenvalue weighted by Gasteiger charge is -2.11. The Morgan fingerprint density at radius 1 is 1.47 bits per heavy atom. The van der Waals surface area contributed by atoms with Crippen LogP contribution in [0.4, 0.5) is 0 Å². The zero-order chi connectivity index (χ0) is 11.8. The molecule has 1 aromatic rings. The van der Waals surface area contributed by atoms with Crippen LogP contribution in [0, 0.1) is 11.8 Å². The van der Waals surface area contributed by atoms with Gasteiger partial charge in [0.15, 0.2) is 0 Å². The predicted octanol–water partition coefficient (Wildman–Crippen LogP) is 2.54. The largest absolute Gasteiger partial charge is 0.493 e.